The van der Waals surface area contributed by atoms with Crippen molar-refractivity contribution in [2.24, 2.45) is 0 Å². The van der Waals surface area contributed by atoms with Gasteiger partial charge in [0.25, 0.3) is 0 Å². The summed E-state index contributed by atoms with van der Waals surface area (Å²) < 4.78 is 8.55. The van der Waals surface area contributed by atoms with Gasteiger partial charge >= 0.3 is 98.9 Å². The Morgan fingerprint density at radius 1 is 0.833 bits per heavy atom. The Bertz CT molecular complexity index is 88.0. The van der Waals surface area contributed by atoms with Crippen LogP contribution in [0.1, 0.15) is 39.5 Å². The summed E-state index contributed by atoms with van der Waals surface area (Å²) in [6.07, 6.45) is 5.82. The number of unbranched alkanes of at least 4 members (excludes halogenated alkanes) is 2. The Morgan fingerprint density at radius 3 is 1.58 bits per heavy atom. The van der Waals surface area contributed by atoms with Gasteiger partial charge in [-0.25, -0.2) is 0 Å². The first-order valence-electron chi connectivity index (χ1n) is 5.56. The van der Waals surface area contributed by atoms with Crippen molar-refractivity contribution < 1.29 is 0 Å². The monoisotopic (exact) mass is 384 g/mol. The van der Waals surface area contributed by atoms with E-state index in [-0.39, 0.29) is 42.3 Å². The van der Waals surface area contributed by atoms with Crippen molar-refractivity contribution in [1.82, 2.24) is 0 Å². The van der Waals surface area contributed by atoms with Crippen molar-refractivity contribution in [1.29, 1.82) is 0 Å². The van der Waals surface area contributed by atoms with E-state index in [4.69, 9.17) is 0 Å². The molecule has 0 atom stereocenters. The van der Waals surface area contributed by atoms with Crippen LogP contribution in [0.15, 0.2) is 8.18 Å². The molecule has 72 valence electrons. The first-order valence-corrected chi connectivity index (χ1v) is 15.9. The maximum atomic E-state index is 2.66. The molecule has 0 N–H and O–H groups in total. The predicted octanol–water partition coefficient (Wildman–Crippen LogP) is 2.23. The second kappa shape index (κ2) is 12.3. The maximum absolute atomic E-state index is 2.66. The summed E-state index contributed by atoms with van der Waals surface area (Å²) in [5.74, 6) is 0. The first-order chi connectivity index (χ1) is 5.91. The Hall–Kier alpha value is 1.34. The van der Waals surface area contributed by atoms with Crippen molar-refractivity contribution in [2.45, 2.75) is 48.4 Å². The van der Waals surface area contributed by atoms with Crippen molar-refractivity contribution in [2.75, 3.05) is 0 Å². The van der Waals surface area contributed by atoms with Gasteiger partial charge in [-0.1, -0.05) is 0 Å². The molecule has 0 saturated carbocycles. The molecule has 0 bridgehead atoms. The van der Waals surface area contributed by atoms with Gasteiger partial charge in [-0.15, -0.1) is 0 Å². The third kappa shape index (κ3) is 11.3. The summed E-state index contributed by atoms with van der Waals surface area (Å²) in [7, 11) is 0. The van der Waals surface area contributed by atoms with Crippen molar-refractivity contribution >= 4 is 42.3 Å². The third-order valence-corrected chi connectivity index (χ3v) is 16.5. The average molecular weight is 382 g/mol. The molecule has 0 aliphatic rings. The number of rotatable bonds is 8. The Morgan fingerprint density at radius 2 is 1.25 bits per heavy atom. The van der Waals surface area contributed by atoms with Gasteiger partial charge in [-0.2, -0.15) is 0 Å². The molecule has 0 aromatic carbocycles. The number of hydrogen-bond acceptors (Lipinski definition) is 0. The third-order valence-electron chi connectivity index (χ3n) is 2.12. The molecule has 0 aliphatic carbocycles. The van der Waals surface area contributed by atoms with Gasteiger partial charge in [-0.3, -0.25) is 0 Å². The van der Waals surface area contributed by atoms with Crippen LogP contribution in [-0.2, 0) is 0 Å². The van der Waals surface area contributed by atoms with Crippen molar-refractivity contribution in [3.63, 3.8) is 0 Å². The fourth-order valence-corrected chi connectivity index (χ4v) is 17.5. The molecular formula is C10H24Sn2. The van der Waals surface area contributed by atoms with Crippen LogP contribution in [0.2, 0.25) is 8.87 Å². The molecule has 0 nitrogen and oxygen atoms in total. The molecule has 0 fully saturated rings. The van der Waals surface area contributed by atoms with E-state index in [1.807, 2.05) is 0 Å². The van der Waals surface area contributed by atoms with E-state index < -0.39 is 0 Å². The second-order valence-electron chi connectivity index (χ2n) is 3.46. The fourth-order valence-electron chi connectivity index (χ4n) is 1.26. The molecule has 12 heavy (non-hydrogen) atoms. The van der Waals surface area contributed by atoms with Gasteiger partial charge in [0.05, 0.1) is 0 Å². The molecular weight excluding hydrogens is 358 g/mol. The van der Waals surface area contributed by atoms with E-state index >= 15 is 0 Å². The first kappa shape index (κ1) is 13.3. The minimum atomic E-state index is -0.328. The van der Waals surface area contributed by atoms with E-state index in [1.54, 1.807) is 8.87 Å². The molecule has 0 amide bonds. The molecule has 0 aromatic heterocycles. The quantitative estimate of drug-likeness (QED) is 0.447. The van der Waals surface area contributed by atoms with Crippen LogP contribution < -0.4 is 0 Å². The van der Waals surface area contributed by atoms with Crippen molar-refractivity contribution in [3.8, 4) is 0 Å². The van der Waals surface area contributed by atoms with E-state index in [1.165, 1.54) is 25.7 Å². The van der Waals surface area contributed by atoms with Crippen LogP contribution in [-0.4, -0.2) is 42.3 Å². The molecule has 0 heterocycles. The van der Waals surface area contributed by atoms with E-state index in [2.05, 4.69) is 22.0 Å². The second-order valence-corrected chi connectivity index (χ2v) is 13.5. The minimum absolute atomic E-state index is 0.328. The SMILES string of the molecule is CCC[CH2][SnH2]/[CH]=[CH]/[SnH2][CH2]CCC. The van der Waals surface area contributed by atoms with Crippen LogP contribution in [0.3, 0.4) is 0 Å². The van der Waals surface area contributed by atoms with Gasteiger partial charge in [0.1, 0.15) is 0 Å². The van der Waals surface area contributed by atoms with Crippen molar-refractivity contribution in [3.05, 3.63) is 8.18 Å². The molecule has 2 heteroatoms. The zero-order valence-electron chi connectivity index (χ0n) is 8.81. The summed E-state index contributed by atoms with van der Waals surface area (Å²) in [6.45, 7) is 4.60. The summed E-state index contributed by atoms with van der Waals surface area (Å²) >= 11 is -0.657. The standard InChI is InChI=1S/2C4H9.C2H2.2Sn.4H/c2*1-3-4-2;1-2;;;;;;/h2*1,3-4H2,2H3;1-2H;;;;;;. The zero-order chi connectivity index (χ0) is 9.07. The summed E-state index contributed by atoms with van der Waals surface area (Å²) in [4.78, 5) is 0. The van der Waals surface area contributed by atoms with Crippen LogP contribution in [0.25, 0.3) is 0 Å². The van der Waals surface area contributed by atoms with Gasteiger partial charge in [0, 0.05) is 0 Å². The molecule has 0 saturated heterocycles. The molecule has 0 aliphatic heterocycles. The van der Waals surface area contributed by atoms with Crippen LogP contribution in [0, 0.1) is 0 Å². The molecule has 0 aromatic rings. The predicted molar refractivity (Wildman–Crippen MR) is 65.7 cm³/mol. The van der Waals surface area contributed by atoms with Gasteiger partial charge in [0.15, 0.2) is 0 Å². The molecule has 0 rings (SSSR count). The fraction of sp³-hybridized carbons (Fsp3) is 0.800. The number of hydrogen-bond donors (Lipinski definition) is 0. The Kier molecular flexibility index (Phi) is 13.7. The van der Waals surface area contributed by atoms with Crippen LogP contribution in [0.5, 0.6) is 0 Å². The molecule has 0 spiro atoms. The van der Waals surface area contributed by atoms with E-state index in [9.17, 15) is 0 Å². The van der Waals surface area contributed by atoms with E-state index in [0.717, 1.165) is 0 Å². The van der Waals surface area contributed by atoms with Gasteiger partial charge in [0.2, 0.25) is 0 Å². The van der Waals surface area contributed by atoms with E-state index in [0.29, 0.717) is 0 Å². The van der Waals surface area contributed by atoms with Gasteiger partial charge in [-0.05, 0) is 0 Å². The van der Waals surface area contributed by atoms with Gasteiger partial charge < -0.3 is 0 Å². The molecule has 0 radical (unpaired) electrons. The topological polar surface area (TPSA) is 0 Å². The Balaban J connectivity index is 2.93. The Labute approximate surface area is 98.0 Å². The summed E-state index contributed by atoms with van der Waals surface area (Å²) in [5.41, 5.74) is 0. The summed E-state index contributed by atoms with van der Waals surface area (Å²) in [6, 6.07) is 0. The normalized spacial score (nSPS) is 13.2. The zero-order valence-corrected chi connectivity index (χ0v) is 16.9. The average Bonchev–Trinajstić information content (AvgIpc) is 2.10. The summed E-state index contributed by atoms with van der Waals surface area (Å²) in [5, 5.41) is 0. The van der Waals surface area contributed by atoms with Crippen LogP contribution >= 0.6 is 0 Å². The molecule has 0 unspecified atom stereocenters. The van der Waals surface area contributed by atoms with Crippen LogP contribution in [0.4, 0.5) is 0 Å².